The molecule has 2 rings (SSSR count). The monoisotopic (exact) mass is 264 g/mol. The molecular weight excluding hydrogens is 244 g/mol. The molecule has 0 aromatic carbocycles. The molecule has 98 valence electrons. The predicted octanol–water partition coefficient (Wildman–Crippen LogP) is 2.47. The van der Waals surface area contributed by atoms with Crippen molar-refractivity contribution in [1.29, 1.82) is 0 Å². The summed E-state index contributed by atoms with van der Waals surface area (Å²) in [6.07, 6.45) is 4.02. The first-order valence-corrected chi connectivity index (χ1v) is 7.26. The van der Waals surface area contributed by atoms with Crippen molar-refractivity contribution in [1.82, 2.24) is 20.3 Å². The Morgan fingerprint density at radius 2 is 2.28 bits per heavy atom. The van der Waals surface area contributed by atoms with Gasteiger partial charge in [0, 0.05) is 25.7 Å². The minimum absolute atomic E-state index is 0.341. The molecule has 2 heterocycles. The maximum absolute atomic E-state index is 4.18. The molecular formula is C13H20N4S. The van der Waals surface area contributed by atoms with Gasteiger partial charge in [0.15, 0.2) is 0 Å². The van der Waals surface area contributed by atoms with Gasteiger partial charge in [0.2, 0.25) is 0 Å². The minimum Gasteiger partial charge on any atom is -0.310 e. The normalized spacial score (nSPS) is 12.8. The van der Waals surface area contributed by atoms with Gasteiger partial charge in [-0.25, -0.2) is 0 Å². The molecule has 18 heavy (non-hydrogen) atoms. The van der Waals surface area contributed by atoms with Crippen LogP contribution in [0.5, 0.6) is 0 Å². The largest absolute Gasteiger partial charge is 0.310 e. The summed E-state index contributed by atoms with van der Waals surface area (Å²) in [5.41, 5.74) is 3.79. The first kappa shape index (κ1) is 13.2. The van der Waals surface area contributed by atoms with Crippen LogP contribution in [0.15, 0.2) is 17.0 Å². The van der Waals surface area contributed by atoms with Gasteiger partial charge >= 0.3 is 0 Å². The van der Waals surface area contributed by atoms with Crippen LogP contribution in [0, 0.1) is 6.92 Å². The van der Waals surface area contributed by atoms with Crippen LogP contribution in [-0.4, -0.2) is 21.5 Å². The number of hydrogen-bond acceptors (Lipinski definition) is 4. The van der Waals surface area contributed by atoms with Crippen LogP contribution < -0.4 is 5.32 Å². The Bertz CT molecular complexity index is 489. The first-order valence-electron chi connectivity index (χ1n) is 6.32. The number of hydrogen-bond donors (Lipinski definition) is 1. The predicted molar refractivity (Wildman–Crippen MR) is 74.8 cm³/mol. The summed E-state index contributed by atoms with van der Waals surface area (Å²) in [5.74, 6) is 0. The van der Waals surface area contributed by atoms with E-state index in [4.69, 9.17) is 0 Å². The number of thiophene rings is 1. The summed E-state index contributed by atoms with van der Waals surface area (Å²) in [4.78, 5) is 0. The third-order valence-corrected chi connectivity index (χ3v) is 3.85. The van der Waals surface area contributed by atoms with Crippen molar-refractivity contribution in [3.8, 4) is 0 Å². The van der Waals surface area contributed by atoms with Gasteiger partial charge in [0.1, 0.15) is 0 Å². The van der Waals surface area contributed by atoms with Crippen molar-refractivity contribution in [2.24, 2.45) is 7.05 Å². The zero-order valence-corrected chi connectivity index (χ0v) is 12.0. The van der Waals surface area contributed by atoms with Gasteiger partial charge in [-0.15, -0.1) is 5.10 Å². The van der Waals surface area contributed by atoms with E-state index in [1.807, 2.05) is 13.2 Å². The maximum Gasteiger partial charge on any atom is 0.0845 e. The summed E-state index contributed by atoms with van der Waals surface area (Å²) in [7, 11) is 1.90. The molecule has 0 aliphatic carbocycles. The van der Waals surface area contributed by atoms with E-state index >= 15 is 0 Å². The Morgan fingerprint density at radius 3 is 2.83 bits per heavy atom. The standard InChI is InChI=1S/C13H20N4S/c1-4-5-14-13(12-9-18-8-10(12)2)6-11-7-17(3)16-15-11/h7-9,13-14H,4-6H2,1-3H3. The second-order valence-corrected chi connectivity index (χ2v) is 5.35. The number of aromatic nitrogens is 3. The Kier molecular flexibility index (Phi) is 4.49. The quantitative estimate of drug-likeness (QED) is 0.871. The molecule has 2 aromatic rings. The first-order chi connectivity index (χ1) is 8.70. The van der Waals surface area contributed by atoms with E-state index in [1.54, 1.807) is 16.0 Å². The van der Waals surface area contributed by atoms with Gasteiger partial charge in [0.25, 0.3) is 0 Å². The number of aryl methyl sites for hydroxylation is 2. The molecule has 5 heteroatoms. The van der Waals surface area contributed by atoms with E-state index < -0.39 is 0 Å². The lowest BCUT2D eigenvalue weighted by molar-refractivity contribution is 0.523. The highest BCUT2D eigenvalue weighted by Crippen LogP contribution is 2.24. The van der Waals surface area contributed by atoms with E-state index in [1.165, 1.54) is 11.1 Å². The molecule has 0 aliphatic rings. The molecule has 0 saturated heterocycles. The summed E-state index contributed by atoms with van der Waals surface area (Å²) in [6.45, 7) is 5.39. The van der Waals surface area contributed by atoms with E-state index in [9.17, 15) is 0 Å². The van der Waals surface area contributed by atoms with E-state index in [-0.39, 0.29) is 0 Å². The van der Waals surface area contributed by atoms with Crippen LogP contribution in [0.2, 0.25) is 0 Å². The van der Waals surface area contributed by atoms with Crippen LogP contribution in [0.4, 0.5) is 0 Å². The molecule has 0 aliphatic heterocycles. The zero-order chi connectivity index (χ0) is 13.0. The molecule has 4 nitrogen and oxygen atoms in total. The third kappa shape index (κ3) is 3.17. The topological polar surface area (TPSA) is 42.7 Å². The molecule has 0 fully saturated rings. The third-order valence-electron chi connectivity index (χ3n) is 2.97. The van der Waals surface area contributed by atoms with Crippen LogP contribution >= 0.6 is 11.3 Å². The second-order valence-electron chi connectivity index (χ2n) is 4.60. The molecule has 0 amide bonds. The van der Waals surface area contributed by atoms with E-state index in [0.29, 0.717) is 6.04 Å². The Labute approximate surface area is 112 Å². The van der Waals surface area contributed by atoms with Crippen molar-refractivity contribution >= 4 is 11.3 Å². The second kappa shape index (κ2) is 6.11. The zero-order valence-electron chi connectivity index (χ0n) is 11.2. The fraction of sp³-hybridized carbons (Fsp3) is 0.538. The fourth-order valence-corrected chi connectivity index (χ4v) is 2.94. The van der Waals surface area contributed by atoms with Gasteiger partial charge in [-0.1, -0.05) is 12.1 Å². The Balaban J connectivity index is 2.12. The molecule has 0 radical (unpaired) electrons. The lowest BCUT2D eigenvalue weighted by Crippen LogP contribution is -2.24. The highest BCUT2D eigenvalue weighted by atomic mass is 32.1. The minimum atomic E-state index is 0.341. The fourth-order valence-electron chi connectivity index (χ4n) is 2.04. The smallest absolute Gasteiger partial charge is 0.0845 e. The van der Waals surface area contributed by atoms with Crippen molar-refractivity contribution in [2.75, 3.05) is 6.54 Å². The summed E-state index contributed by atoms with van der Waals surface area (Å²) >= 11 is 1.76. The van der Waals surface area contributed by atoms with E-state index in [2.05, 4.69) is 40.2 Å². The van der Waals surface area contributed by atoms with Gasteiger partial charge in [-0.3, -0.25) is 4.68 Å². The summed E-state index contributed by atoms with van der Waals surface area (Å²) in [5, 5.41) is 16.2. The van der Waals surface area contributed by atoms with E-state index in [0.717, 1.165) is 25.1 Å². The van der Waals surface area contributed by atoms with Gasteiger partial charge in [-0.05, 0) is 41.8 Å². The molecule has 1 N–H and O–H groups in total. The maximum atomic E-state index is 4.18. The molecule has 0 spiro atoms. The molecule has 0 saturated carbocycles. The number of rotatable bonds is 6. The lowest BCUT2D eigenvalue weighted by Gasteiger charge is -2.17. The lowest BCUT2D eigenvalue weighted by atomic mass is 10.0. The van der Waals surface area contributed by atoms with Crippen LogP contribution in [0.3, 0.4) is 0 Å². The highest BCUT2D eigenvalue weighted by Gasteiger charge is 2.16. The molecule has 0 bridgehead atoms. The summed E-state index contributed by atoms with van der Waals surface area (Å²) < 4.78 is 1.76. The highest BCUT2D eigenvalue weighted by molar-refractivity contribution is 7.08. The van der Waals surface area contributed by atoms with Gasteiger partial charge < -0.3 is 5.32 Å². The van der Waals surface area contributed by atoms with Crippen molar-refractivity contribution in [3.05, 3.63) is 33.8 Å². The Morgan fingerprint density at radius 1 is 1.44 bits per heavy atom. The van der Waals surface area contributed by atoms with Crippen LogP contribution in [0.25, 0.3) is 0 Å². The average Bonchev–Trinajstić information content (AvgIpc) is 2.93. The summed E-state index contributed by atoms with van der Waals surface area (Å²) in [6, 6.07) is 0.341. The molecule has 1 unspecified atom stereocenters. The molecule has 2 aromatic heterocycles. The van der Waals surface area contributed by atoms with Crippen molar-refractivity contribution in [2.45, 2.75) is 32.7 Å². The number of nitrogens with zero attached hydrogens (tertiary/aromatic N) is 3. The van der Waals surface area contributed by atoms with Crippen LogP contribution in [0.1, 0.15) is 36.2 Å². The SMILES string of the molecule is CCCNC(Cc1cn(C)nn1)c1cscc1C. The van der Waals surface area contributed by atoms with Gasteiger partial charge in [0.05, 0.1) is 5.69 Å². The van der Waals surface area contributed by atoms with Crippen molar-refractivity contribution < 1.29 is 0 Å². The van der Waals surface area contributed by atoms with Gasteiger partial charge in [-0.2, -0.15) is 11.3 Å². The molecule has 1 atom stereocenters. The average molecular weight is 264 g/mol. The van der Waals surface area contributed by atoms with Crippen LogP contribution in [-0.2, 0) is 13.5 Å². The Hall–Kier alpha value is -1.20. The number of nitrogens with one attached hydrogen (secondary N) is 1. The van der Waals surface area contributed by atoms with Crippen molar-refractivity contribution in [3.63, 3.8) is 0 Å².